The van der Waals surface area contributed by atoms with Gasteiger partial charge in [0.2, 0.25) is 11.8 Å². The molecule has 4 N–H and O–H groups in total. The van der Waals surface area contributed by atoms with Crippen molar-refractivity contribution in [2.24, 2.45) is 0 Å². The minimum atomic E-state index is -0.610. The van der Waals surface area contributed by atoms with E-state index < -0.39 is 11.9 Å². The number of esters is 1. The molecule has 0 aliphatic heterocycles. The van der Waals surface area contributed by atoms with E-state index in [2.05, 4.69) is 10.6 Å². The first-order valence-corrected chi connectivity index (χ1v) is 10.9. The van der Waals surface area contributed by atoms with Crippen molar-refractivity contribution in [3.8, 4) is 0 Å². The third-order valence-corrected chi connectivity index (χ3v) is 5.41. The molecule has 2 aromatic carbocycles. The van der Waals surface area contributed by atoms with Crippen molar-refractivity contribution in [1.82, 2.24) is 10.8 Å². The van der Waals surface area contributed by atoms with Crippen molar-refractivity contribution in [1.29, 1.82) is 0 Å². The summed E-state index contributed by atoms with van der Waals surface area (Å²) in [6.45, 7) is 0.449. The summed E-state index contributed by atoms with van der Waals surface area (Å²) in [5, 5.41) is 14.5. The van der Waals surface area contributed by atoms with E-state index in [-0.39, 0.29) is 30.8 Å². The second kappa shape index (κ2) is 12.0. The van der Waals surface area contributed by atoms with Gasteiger partial charge in [0.15, 0.2) is 0 Å². The normalized spacial score (nSPS) is 14.5. The minimum absolute atomic E-state index is 0.00172. The van der Waals surface area contributed by atoms with Gasteiger partial charge in [-0.25, -0.2) is 10.3 Å². The van der Waals surface area contributed by atoms with Gasteiger partial charge in [0, 0.05) is 25.1 Å². The maximum atomic E-state index is 12.9. The Morgan fingerprint density at radius 1 is 0.938 bits per heavy atom. The number of hydroxylamine groups is 1. The van der Waals surface area contributed by atoms with Crippen molar-refractivity contribution in [3.63, 3.8) is 0 Å². The Morgan fingerprint density at radius 3 is 2.25 bits per heavy atom. The number of rotatable bonds is 10. The number of benzene rings is 2. The molecule has 1 saturated carbocycles. The molecule has 170 valence electrons. The van der Waals surface area contributed by atoms with Gasteiger partial charge >= 0.3 is 5.97 Å². The van der Waals surface area contributed by atoms with E-state index in [1.807, 2.05) is 42.5 Å². The number of anilines is 1. The third kappa shape index (κ3) is 7.18. The molecule has 0 spiro atoms. The van der Waals surface area contributed by atoms with Crippen LogP contribution in [0.25, 0.3) is 0 Å². The van der Waals surface area contributed by atoms with E-state index in [0.717, 1.165) is 36.8 Å². The predicted octanol–water partition coefficient (Wildman–Crippen LogP) is 3.23. The maximum Gasteiger partial charge on any atom is 0.328 e. The van der Waals surface area contributed by atoms with Crippen molar-refractivity contribution in [2.45, 2.75) is 57.2 Å². The van der Waals surface area contributed by atoms with Gasteiger partial charge in [-0.05, 0) is 48.9 Å². The SMILES string of the molecule is O=C(CCC(=O)Nc1ccc(CN[C@H](C(=O)OC2CCCC2)c2ccccc2)cc1)NO. The molecule has 0 bridgehead atoms. The van der Waals surface area contributed by atoms with Gasteiger partial charge in [-0.3, -0.25) is 20.1 Å². The summed E-state index contributed by atoms with van der Waals surface area (Å²) in [4.78, 5) is 35.7. The number of hydrogen-bond acceptors (Lipinski definition) is 6. The van der Waals surface area contributed by atoms with Crippen molar-refractivity contribution in [3.05, 3.63) is 65.7 Å². The van der Waals surface area contributed by atoms with Crippen molar-refractivity contribution < 1.29 is 24.3 Å². The molecule has 3 rings (SSSR count). The van der Waals surface area contributed by atoms with Crippen molar-refractivity contribution in [2.75, 3.05) is 5.32 Å². The summed E-state index contributed by atoms with van der Waals surface area (Å²) in [7, 11) is 0. The van der Waals surface area contributed by atoms with Crippen molar-refractivity contribution >= 4 is 23.5 Å². The Bertz CT molecular complexity index is 896. The van der Waals surface area contributed by atoms with Gasteiger partial charge in [-0.2, -0.15) is 0 Å². The van der Waals surface area contributed by atoms with Gasteiger partial charge in [0.1, 0.15) is 12.1 Å². The molecule has 2 aromatic rings. The standard InChI is InChI=1S/C24H29N3O5/c28-21(14-15-22(29)27-31)26-19-12-10-17(11-13-19)16-25-23(18-6-2-1-3-7-18)24(30)32-20-8-4-5-9-20/h1-3,6-7,10-13,20,23,25,31H,4-5,8-9,14-16H2,(H,26,28)(H,27,29)/t23-/m0/s1. The lowest BCUT2D eigenvalue weighted by Gasteiger charge is -2.21. The molecule has 8 nitrogen and oxygen atoms in total. The van der Waals surface area contributed by atoms with Crippen LogP contribution in [0, 0.1) is 0 Å². The fraction of sp³-hybridized carbons (Fsp3) is 0.375. The van der Waals surface area contributed by atoms with E-state index in [1.54, 1.807) is 12.1 Å². The van der Waals surface area contributed by atoms with E-state index in [4.69, 9.17) is 9.94 Å². The zero-order valence-electron chi connectivity index (χ0n) is 17.9. The summed E-state index contributed by atoms with van der Waals surface area (Å²) in [5.74, 6) is -1.20. The number of amides is 2. The first-order chi connectivity index (χ1) is 15.5. The fourth-order valence-electron chi connectivity index (χ4n) is 3.65. The van der Waals surface area contributed by atoms with Crippen LogP contribution in [-0.4, -0.2) is 29.1 Å². The molecule has 8 heteroatoms. The Balaban J connectivity index is 1.56. The monoisotopic (exact) mass is 439 g/mol. The number of carbonyl (C=O) groups is 3. The van der Waals surface area contributed by atoms with Crippen LogP contribution in [0.15, 0.2) is 54.6 Å². The molecule has 1 aliphatic carbocycles. The molecule has 1 atom stereocenters. The molecule has 1 aliphatic rings. The predicted molar refractivity (Wildman–Crippen MR) is 119 cm³/mol. The lowest BCUT2D eigenvalue weighted by Crippen LogP contribution is -2.32. The molecule has 0 heterocycles. The molecule has 1 fully saturated rings. The molecule has 0 saturated heterocycles. The summed E-state index contributed by atoms with van der Waals surface area (Å²) in [6, 6.07) is 16.2. The molecule has 0 aromatic heterocycles. The summed E-state index contributed by atoms with van der Waals surface area (Å²) in [5.41, 5.74) is 3.89. The van der Waals surface area contributed by atoms with E-state index >= 15 is 0 Å². The zero-order chi connectivity index (χ0) is 22.8. The second-order valence-corrected chi connectivity index (χ2v) is 7.85. The molecule has 32 heavy (non-hydrogen) atoms. The Morgan fingerprint density at radius 2 is 1.59 bits per heavy atom. The fourth-order valence-corrected chi connectivity index (χ4v) is 3.65. The second-order valence-electron chi connectivity index (χ2n) is 7.85. The summed E-state index contributed by atoms with van der Waals surface area (Å²) >= 11 is 0. The Hall–Kier alpha value is -3.23. The van der Waals surface area contributed by atoms with Crippen LogP contribution in [0.3, 0.4) is 0 Å². The molecular weight excluding hydrogens is 410 g/mol. The lowest BCUT2D eigenvalue weighted by atomic mass is 10.1. The molecular formula is C24H29N3O5. The zero-order valence-corrected chi connectivity index (χ0v) is 17.9. The lowest BCUT2D eigenvalue weighted by molar-refractivity contribution is -0.151. The first-order valence-electron chi connectivity index (χ1n) is 10.9. The van der Waals surface area contributed by atoms with Crippen LogP contribution in [-0.2, 0) is 25.7 Å². The quantitative estimate of drug-likeness (QED) is 0.257. The van der Waals surface area contributed by atoms with Gasteiger partial charge in [-0.1, -0.05) is 42.5 Å². The average Bonchev–Trinajstić information content (AvgIpc) is 3.32. The highest BCUT2D eigenvalue weighted by atomic mass is 16.5. The van der Waals surface area contributed by atoms with Gasteiger partial charge in [0.05, 0.1) is 0 Å². The van der Waals surface area contributed by atoms with E-state index in [0.29, 0.717) is 12.2 Å². The summed E-state index contributed by atoms with van der Waals surface area (Å²) in [6.07, 6.45) is 3.91. The highest BCUT2D eigenvalue weighted by molar-refractivity contribution is 5.93. The van der Waals surface area contributed by atoms with Gasteiger partial charge < -0.3 is 10.1 Å². The molecule has 2 amide bonds. The van der Waals surface area contributed by atoms with E-state index in [9.17, 15) is 14.4 Å². The largest absolute Gasteiger partial charge is 0.461 e. The maximum absolute atomic E-state index is 12.9. The third-order valence-electron chi connectivity index (χ3n) is 5.41. The molecule has 0 radical (unpaired) electrons. The van der Waals surface area contributed by atoms with Crippen LogP contribution in [0.5, 0.6) is 0 Å². The summed E-state index contributed by atoms with van der Waals surface area (Å²) < 4.78 is 5.73. The number of ether oxygens (including phenoxy) is 1. The minimum Gasteiger partial charge on any atom is -0.461 e. The first kappa shape index (κ1) is 23.4. The average molecular weight is 440 g/mol. The van der Waals surface area contributed by atoms with Crippen LogP contribution in [0.1, 0.15) is 55.7 Å². The number of hydrogen-bond donors (Lipinski definition) is 4. The smallest absolute Gasteiger partial charge is 0.328 e. The Labute approximate surface area is 187 Å². The highest BCUT2D eigenvalue weighted by Gasteiger charge is 2.26. The highest BCUT2D eigenvalue weighted by Crippen LogP contribution is 2.24. The topological polar surface area (TPSA) is 117 Å². The molecule has 0 unspecified atom stereocenters. The Kier molecular flexibility index (Phi) is 8.77. The van der Waals surface area contributed by atoms with Crippen LogP contribution in [0.2, 0.25) is 0 Å². The number of carbonyl (C=O) groups excluding carboxylic acids is 3. The number of nitrogens with one attached hydrogen (secondary N) is 3. The van der Waals surface area contributed by atoms with Crippen LogP contribution in [0.4, 0.5) is 5.69 Å². The van der Waals surface area contributed by atoms with Crippen LogP contribution < -0.4 is 16.1 Å². The van der Waals surface area contributed by atoms with Gasteiger partial charge in [0.25, 0.3) is 0 Å². The van der Waals surface area contributed by atoms with Crippen LogP contribution >= 0.6 is 0 Å². The van der Waals surface area contributed by atoms with Gasteiger partial charge in [-0.15, -0.1) is 0 Å². The van der Waals surface area contributed by atoms with E-state index in [1.165, 1.54) is 5.48 Å².